The molecule has 0 aliphatic rings. The minimum atomic E-state index is -0.585. The van der Waals surface area contributed by atoms with Gasteiger partial charge in [0.25, 0.3) is 0 Å². The summed E-state index contributed by atoms with van der Waals surface area (Å²) < 4.78 is 14.2. The summed E-state index contributed by atoms with van der Waals surface area (Å²) in [5.41, 5.74) is 0.386. The van der Waals surface area contributed by atoms with Crippen molar-refractivity contribution in [2.24, 2.45) is 0 Å². The zero-order valence-corrected chi connectivity index (χ0v) is 10.7. The van der Waals surface area contributed by atoms with Crippen molar-refractivity contribution in [2.45, 2.75) is 0 Å². The molecule has 2 aromatic rings. The molecule has 0 atom stereocenters. The van der Waals surface area contributed by atoms with Gasteiger partial charge in [0.2, 0.25) is 0 Å². The van der Waals surface area contributed by atoms with Crippen molar-refractivity contribution in [3.05, 3.63) is 75.3 Å². The minimum Gasteiger partial charge on any atom is -0.290 e. The molecular formula is C14H7BrFNO. The third kappa shape index (κ3) is 2.31. The molecule has 4 heteroatoms. The number of ketones is 1. The van der Waals surface area contributed by atoms with Crippen LogP contribution in [0.3, 0.4) is 0 Å². The lowest BCUT2D eigenvalue weighted by molar-refractivity contribution is 0.103. The van der Waals surface area contributed by atoms with Crippen LogP contribution in [0.2, 0.25) is 0 Å². The van der Waals surface area contributed by atoms with Crippen molar-refractivity contribution in [3.63, 3.8) is 0 Å². The van der Waals surface area contributed by atoms with Crippen LogP contribution in [-0.2, 0) is 0 Å². The molecule has 0 N–H and O–H groups in total. The van der Waals surface area contributed by atoms with Crippen molar-refractivity contribution >= 4 is 27.4 Å². The molecule has 2 rings (SSSR count). The molecule has 0 heterocycles. The van der Waals surface area contributed by atoms with E-state index in [4.69, 9.17) is 6.57 Å². The molecule has 18 heavy (non-hydrogen) atoms. The van der Waals surface area contributed by atoms with Gasteiger partial charge >= 0.3 is 0 Å². The molecule has 0 bridgehead atoms. The Morgan fingerprint density at radius 3 is 2.56 bits per heavy atom. The molecular weight excluding hydrogens is 297 g/mol. The summed E-state index contributed by atoms with van der Waals surface area (Å²) in [5.74, 6) is -1.07. The quantitative estimate of drug-likeness (QED) is 0.596. The van der Waals surface area contributed by atoms with Crippen LogP contribution >= 0.6 is 15.9 Å². The third-order valence-corrected chi connectivity index (χ3v) is 2.94. The van der Waals surface area contributed by atoms with Gasteiger partial charge in [0.05, 0.1) is 12.1 Å². The summed E-state index contributed by atoms with van der Waals surface area (Å²) in [4.78, 5) is 15.5. The van der Waals surface area contributed by atoms with Crippen LogP contribution in [-0.4, -0.2) is 5.78 Å². The van der Waals surface area contributed by atoms with Crippen LogP contribution in [0.4, 0.5) is 10.1 Å². The molecule has 0 spiro atoms. The van der Waals surface area contributed by atoms with Gasteiger partial charge < -0.3 is 0 Å². The van der Waals surface area contributed by atoms with Crippen LogP contribution in [0.1, 0.15) is 15.9 Å². The topological polar surface area (TPSA) is 21.4 Å². The van der Waals surface area contributed by atoms with E-state index in [9.17, 15) is 9.18 Å². The lowest BCUT2D eigenvalue weighted by atomic mass is 10.0. The van der Waals surface area contributed by atoms with Gasteiger partial charge in [-0.05, 0) is 18.2 Å². The number of hydrogen-bond acceptors (Lipinski definition) is 1. The molecule has 0 fully saturated rings. The Hall–Kier alpha value is -1.99. The Balaban J connectivity index is 2.57. The first-order valence-electron chi connectivity index (χ1n) is 5.09. The van der Waals surface area contributed by atoms with Gasteiger partial charge in [-0.25, -0.2) is 9.24 Å². The number of benzene rings is 2. The van der Waals surface area contributed by atoms with Crippen molar-refractivity contribution in [3.8, 4) is 0 Å². The highest BCUT2D eigenvalue weighted by Gasteiger charge is 2.17. The molecule has 0 aliphatic heterocycles. The fourth-order valence-corrected chi connectivity index (χ4v) is 1.94. The highest BCUT2D eigenvalue weighted by molar-refractivity contribution is 9.10. The van der Waals surface area contributed by atoms with Crippen LogP contribution in [0.25, 0.3) is 4.85 Å². The van der Waals surface area contributed by atoms with Gasteiger partial charge in [-0.15, -0.1) is 0 Å². The molecule has 88 valence electrons. The third-order valence-electron chi connectivity index (χ3n) is 2.44. The molecule has 0 saturated heterocycles. The SMILES string of the molecule is [C-]#[N+]c1ccc(Br)cc1C(=O)c1ccccc1F. The monoisotopic (exact) mass is 303 g/mol. The smallest absolute Gasteiger partial charge is 0.198 e. The van der Waals surface area contributed by atoms with Gasteiger partial charge in [-0.1, -0.05) is 40.2 Å². The molecule has 0 aromatic heterocycles. The van der Waals surface area contributed by atoms with Crippen molar-refractivity contribution in [1.29, 1.82) is 0 Å². The van der Waals surface area contributed by atoms with E-state index in [-0.39, 0.29) is 16.8 Å². The predicted molar refractivity (Wildman–Crippen MR) is 70.2 cm³/mol. The second-order valence-electron chi connectivity index (χ2n) is 3.58. The Morgan fingerprint density at radius 2 is 1.89 bits per heavy atom. The highest BCUT2D eigenvalue weighted by atomic mass is 79.9. The molecule has 0 aliphatic carbocycles. The zero-order chi connectivity index (χ0) is 13.1. The maximum absolute atomic E-state index is 13.6. The van der Waals surface area contributed by atoms with Crippen molar-refractivity contribution in [2.75, 3.05) is 0 Å². The molecule has 0 saturated carbocycles. The number of hydrogen-bond donors (Lipinski definition) is 0. The van der Waals surface area contributed by atoms with Crippen LogP contribution < -0.4 is 0 Å². The van der Waals surface area contributed by atoms with Gasteiger partial charge in [0.15, 0.2) is 11.5 Å². The Labute approximate surface area is 112 Å². The largest absolute Gasteiger partial charge is 0.290 e. The summed E-state index contributed by atoms with van der Waals surface area (Å²) in [6.45, 7) is 7.03. The second-order valence-corrected chi connectivity index (χ2v) is 4.50. The average Bonchev–Trinajstić information content (AvgIpc) is 2.38. The minimum absolute atomic E-state index is 0.0273. The number of rotatable bonds is 2. The predicted octanol–water partition coefficient (Wildman–Crippen LogP) is 4.37. The van der Waals surface area contributed by atoms with E-state index < -0.39 is 11.6 Å². The highest BCUT2D eigenvalue weighted by Crippen LogP contribution is 2.26. The first kappa shape index (κ1) is 12.5. The second kappa shape index (κ2) is 5.11. The summed E-state index contributed by atoms with van der Waals surface area (Å²) in [6.07, 6.45) is 0. The average molecular weight is 304 g/mol. The van der Waals surface area contributed by atoms with Crippen molar-refractivity contribution in [1.82, 2.24) is 0 Å². The van der Waals surface area contributed by atoms with E-state index in [2.05, 4.69) is 20.8 Å². The van der Waals surface area contributed by atoms with Gasteiger partial charge in [-0.2, -0.15) is 0 Å². The maximum Gasteiger partial charge on any atom is 0.198 e. The lowest BCUT2D eigenvalue weighted by Gasteiger charge is -2.05. The van der Waals surface area contributed by atoms with E-state index in [0.717, 1.165) is 0 Å². The van der Waals surface area contributed by atoms with Crippen LogP contribution in [0.5, 0.6) is 0 Å². The van der Waals surface area contributed by atoms with Gasteiger partial charge in [0, 0.05) is 10.0 Å². The van der Waals surface area contributed by atoms with E-state index in [1.807, 2.05) is 0 Å². The first-order valence-corrected chi connectivity index (χ1v) is 5.89. The summed E-state index contributed by atoms with van der Waals surface area (Å²) in [5, 5.41) is 0. The van der Waals surface area contributed by atoms with Crippen LogP contribution in [0.15, 0.2) is 46.9 Å². The lowest BCUT2D eigenvalue weighted by Crippen LogP contribution is -2.04. The zero-order valence-electron chi connectivity index (χ0n) is 9.15. The van der Waals surface area contributed by atoms with Crippen molar-refractivity contribution < 1.29 is 9.18 Å². The number of halogens is 2. The standard InChI is InChI=1S/C14H7BrFNO/c1-17-13-7-6-9(15)8-11(13)14(18)10-4-2-3-5-12(10)16/h2-8H. The first-order chi connectivity index (χ1) is 8.63. The summed E-state index contributed by atoms with van der Waals surface area (Å²) >= 11 is 3.24. The number of nitrogens with zero attached hydrogens (tertiary/aromatic N) is 1. The van der Waals surface area contributed by atoms with E-state index in [1.165, 1.54) is 30.3 Å². The van der Waals surface area contributed by atoms with Gasteiger partial charge in [0.1, 0.15) is 5.82 Å². The molecule has 2 aromatic carbocycles. The summed E-state index contributed by atoms with van der Waals surface area (Å²) in [7, 11) is 0. The Kier molecular flexibility index (Phi) is 3.54. The normalized spacial score (nSPS) is 9.83. The molecule has 0 amide bonds. The molecule has 2 nitrogen and oxygen atoms in total. The van der Waals surface area contributed by atoms with Gasteiger partial charge in [-0.3, -0.25) is 4.79 Å². The van der Waals surface area contributed by atoms with E-state index >= 15 is 0 Å². The maximum atomic E-state index is 13.6. The summed E-state index contributed by atoms with van der Waals surface area (Å²) in [6, 6.07) is 10.5. The Bertz CT molecular complexity index is 661. The van der Waals surface area contributed by atoms with E-state index in [1.54, 1.807) is 12.1 Å². The van der Waals surface area contributed by atoms with Crippen LogP contribution in [0, 0.1) is 12.4 Å². The molecule has 0 unspecified atom stereocenters. The van der Waals surface area contributed by atoms with E-state index in [0.29, 0.717) is 4.47 Å². The fraction of sp³-hybridized carbons (Fsp3) is 0. The number of carbonyl (C=O) groups excluding carboxylic acids is 1. The Morgan fingerprint density at radius 1 is 1.17 bits per heavy atom. The fourth-order valence-electron chi connectivity index (χ4n) is 1.58. The molecule has 0 radical (unpaired) electrons. The number of carbonyl (C=O) groups is 1.